The topological polar surface area (TPSA) is 365 Å². The van der Waals surface area contributed by atoms with Crippen molar-refractivity contribution in [1.82, 2.24) is 31.9 Å². The molecule has 0 fully saturated rings. The van der Waals surface area contributed by atoms with E-state index in [2.05, 4.69) is 44.1 Å². The molecule has 0 saturated heterocycles. The Morgan fingerprint density at radius 3 is 0.927 bits per heavy atom. The van der Waals surface area contributed by atoms with Gasteiger partial charge in [-0.1, -0.05) is 124 Å². The maximum Gasteiger partial charge on any atom is 0.243 e. The summed E-state index contributed by atoms with van der Waals surface area (Å²) in [7, 11) is 0. The van der Waals surface area contributed by atoms with Gasteiger partial charge in [-0.2, -0.15) is 0 Å². The fourth-order valence-corrected chi connectivity index (χ4v) is 9.57. The number of rotatable bonds is 50. The minimum Gasteiger partial charge on any atom is -0.368 e. The van der Waals surface area contributed by atoms with Crippen LogP contribution in [0.5, 0.6) is 0 Å². The Morgan fingerprint density at radius 2 is 0.610 bits per heavy atom. The van der Waals surface area contributed by atoms with Gasteiger partial charge in [0.15, 0.2) is 0 Å². The van der Waals surface area contributed by atoms with Crippen LogP contribution in [0.2, 0.25) is 0 Å². The van der Waals surface area contributed by atoms with Crippen molar-refractivity contribution in [3.63, 3.8) is 0 Å². The average molecular weight is 1150 g/mol. The van der Waals surface area contributed by atoms with Crippen LogP contribution >= 0.6 is 0 Å². The van der Waals surface area contributed by atoms with E-state index in [1.807, 2.05) is 60.7 Å². The average Bonchev–Trinajstić information content (AvgIpc) is 3.46. The molecule has 0 heterocycles. The lowest BCUT2D eigenvalue weighted by Gasteiger charge is -2.25. The zero-order valence-electron chi connectivity index (χ0n) is 49.2. The van der Waals surface area contributed by atoms with Crippen LogP contribution in [0.25, 0.3) is 0 Å². The molecule has 6 atom stereocenters. The van der Waals surface area contributed by atoms with Crippen molar-refractivity contribution >= 4 is 47.3 Å². The van der Waals surface area contributed by atoms with Gasteiger partial charge in [0, 0.05) is 25.7 Å². The summed E-state index contributed by atoms with van der Waals surface area (Å²) in [5.74, 6) is -3.78. The third kappa shape index (κ3) is 34.3. The summed E-state index contributed by atoms with van der Waals surface area (Å²) in [6, 6.07) is 13.0. The van der Waals surface area contributed by atoms with Gasteiger partial charge in [0.05, 0.1) is 0 Å². The van der Waals surface area contributed by atoms with E-state index in [9.17, 15) is 38.4 Å². The zero-order valence-corrected chi connectivity index (χ0v) is 49.2. The summed E-state index contributed by atoms with van der Waals surface area (Å²) in [5, 5.41) is 17.0. The normalized spacial score (nSPS) is 13.5. The van der Waals surface area contributed by atoms with Gasteiger partial charge in [-0.3, -0.25) is 38.4 Å². The molecule has 0 aromatic heterocycles. The van der Waals surface area contributed by atoms with Gasteiger partial charge in [-0.05, 0) is 153 Å². The van der Waals surface area contributed by atoms with E-state index in [0.717, 1.165) is 88.2 Å². The molecule has 0 unspecified atom stereocenters. The first kappa shape index (κ1) is 71.9. The SMILES string of the molecule is NCCCC[C@H](NC(=O)[C@H](Cc1ccccc1)NC(=O)[C@H](CCCCN)NC(=O)CCCCCCCC/C=C/CCCCCCCCC(=O)N[C@@H](CCCCN)C(=O)N[C@@H](Cc1ccccc1)C(=O)N[C@@H](CCCCN)C(N)=O)C(N)=O. The van der Waals surface area contributed by atoms with Crippen molar-refractivity contribution in [2.75, 3.05) is 26.2 Å². The van der Waals surface area contributed by atoms with Crippen molar-refractivity contribution in [3.05, 3.63) is 83.9 Å². The predicted octanol–water partition coefficient (Wildman–Crippen LogP) is 4.67. The second kappa shape index (κ2) is 46.3. The highest BCUT2D eigenvalue weighted by Crippen LogP contribution is 2.15. The lowest BCUT2D eigenvalue weighted by molar-refractivity contribution is -0.133. The molecule has 20 heteroatoms. The number of benzene rings is 2. The van der Waals surface area contributed by atoms with Crippen LogP contribution in [0.3, 0.4) is 0 Å². The Kier molecular flexibility index (Phi) is 40.6. The number of hydrogen-bond donors (Lipinski definition) is 12. The molecule has 0 aliphatic heterocycles. The Hall–Kier alpha value is -6.22. The molecule has 0 radical (unpaired) electrons. The molecule has 20 nitrogen and oxygen atoms in total. The van der Waals surface area contributed by atoms with E-state index in [-0.39, 0.29) is 37.5 Å². The minimum absolute atomic E-state index is 0.180. The van der Waals surface area contributed by atoms with Crippen LogP contribution in [-0.2, 0) is 51.2 Å². The molecule has 460 valence electrons. The van der Waals surface area contributed by atoms with E-state index < -0.39 is 71.7 Å². The highest BCUT2D eigenvalue weighted by atomic mass is 16.2. The minimum atomic E-state index is -1.01. The highest BCUT2D eigenvalue weighted by molar-refractivity contribution is 5.95. The Balaban J connectivity index is 1.69. The fraction of sp³-hybridized carbons (Fsp3) is 0.645. The van der Waals surface area contributed by atoms with E-state index in [1.54, 1.807) is 0 Å². The van der Waals surface area contributed by atoms with Gasteiger partial charge < -0.3 is 66.3 Å². The largest absolute Gasteiger partial charge is 0.368 e. The van der Waals surface area contributed by atoms with E-state index in [4.69, 9.17) is 34.4 Å². The predicted molar refractivity (Wildman–Crippen MR) is 325 cm³/mol. The maximum absolute atomic E-state index is 13.7. The first-order chi connectivity index (χ1) is 39.7. The van der Waals surface area contributed by atoms with Gasteiger partial charge in [0.25, 0.3) is 0 Å². The summed E-state index contributed by atoms with van der Waals surface area (Å²) in [6.07, 6.45) is 25.9. The highest BCUT2D eigenvalue weighted by Gasteiger charge is 2.31. The molecule has 18 N–H and O–H groups in total. The number of hydrogen-bond acceptors (Lipinski definition) is 12. The van der Waals surface area contributed by atoms with Crippen LogP contribution in [0.4, 0.5) is 0 Å². The van der Waals surface area contributed by atoms with Crippen molar-refractivity contribution < 1.29 is 38.4 Å². The van der Waals surface area contributed by atoms with Crippen molar-refractivity contribution in [2.45, 2.75) is 229 Å². The molecule has 0 bridgehead atoms. The second-order valence-corrected chi connectivity index (χ2v) is 21.6. The summed E-state index contributed by atoms with van der Waals surface area (Å²) < 4.78 is 0. The van der Waals surface area contributed by atoms with E-state index in [1.165, 1.54) is 0 Å². The molecular weight excluding hydrogens is 1040 g/mol. The Labute approximate surface area is 489 Å². The van der Waals surface area contributed by atoms with Gasteiger partial charge in [0.2, 0.25) is 47.3 Å². The number of carbonyl (C=O) groups excluding carboxylic acids is 8. The summed E-state index contributed by atoms with van der Waals surface area (Å²) >= 11 is 0. The van der Waals surface area contributed by atoms with Crippen molar-refractivity contribution in [1.29, 1.82) is 0 Å². The standard InChI is InChI=1S/C62H104N12O8/c63-41-27-23-35-49(57(67)77)71-61(81)53(45-47-31-17-15-18-32-47)73-59(79)51(37-25-29-43-65)69-55(75)39-21-13-11-9-7-5-3-1-2-4-6-8-10-12-14-22-40-56(76)70-52(38-26-30-44-66)60(80)74-54(46-48-33-19-16-20-34-48)62(82)72-50(58(68)78)36-24-28-42-64/h1-2,15-20,31-34,49-54H,3-14,21-30,35-46,63-66H2,(H2,67,77)(H2,68,78)(H,69,75)(H,70,76)(H,71,81)(H,72,82)(H,73,79)(H,74,80)/b2-1+/t49-,50-,51-,52-,53-,54-/m0/s1. The van der Waals surface area contributed by atoms with Crippen LogP contribution in [0, 0.1) is 0 Å². The molecule has 0 aliphatic carbocycles. The zero-order chi connectivity index (χ0) is 60.0. The molecule has 82 heavy (non-hydrogen) atoms. The molecule has 2 aromatic carbocycles. The van der Waals surface area contributed by atoms with Gasteiger partial charge >= 0.3 is 0 Å². The quantitative estimate of drug-likeness (QED) is 0.0318. The molecule has 8 amide bonds. The van der Waals surface area contributed by atoms with Crippen LogP contribution < -0.4 is 66.3 Å². The molecule has 2 aromatic rings. The number of carbonyl (C=O) groups is 8. The first-order valence-electron chi connectivity index (χ1n) is 30.6. The second-order valence-electron chi connectivity index (χ2n) is 21.6. The smallest absolute Gasteiger partial charge is 0.243 e. The van der Waals surface area contributed by atoms with E-state index >= 15 is 0 Å². The van der Waals surface area contributed by atoms with E-state index in [0.29, 0.717) is 116 Å². The number of amides is 8. The molecule has 0 aliphatic rings. The number of nitrogens with one attached hydrogen (secondary N) is 6. The van der Waals surface area contributed by atoms with Gasteiger partial charge in [0.1, 0.15) is 36.3 Å². The third-order valence-corrected chi connectivity index (χ3v) is 14.5. The summed E-state index contributed by atoms with van der Waals surface area (Å²) in [5.41, 5.74) is 35.6. The number of nitrogens with two attached hydrogens (primary N) is 6. The van der Waals surface area contributed by atoms with Crippen LogP contribution in [0.1, 0.15) is 191 Å². The number of primary amides is 2. The Bertz CT molecular complexity index is 1990. The maximum atomic E-state index is 13.7. The molecular formula is C62H104N12O8. The van der Waals surface area contributed by atoms with Crippen molar-refractivity contribution in [2.24, 2.45) is 34.4 Å². The summed E-state index contributed by atoms with van der Waals surface area (Å²) in [4.78, 5) is 105. The Morgan fingerprint density at radius 1 is 0.329 bits per heavy atom. The lowest BCUT2D eigenvalue weighted by Crippen LogP contribution is -2.57. The number of unbranched alkanes of at least 4 members (excludes halogenated alkanes) is 16. The monoisotopic (exact) mass is 1140 g/mol. The van der Waals surface area contributed by atoms with Crippen LogP contribution in [0.15, 0.2) is 72.8 Å². The summed E-state index contributed by atoms with van der Waals surface area (Å²) in [6.45, 7) is 1.79. The fourth-order valence-electron chi connectivity index (χ4n) is 9.57. The third-order valence-electron chi connectivity index (χ3n) is 14.5. The number of allylic oxidation sites excluding steroid dienone is 2. The molecule has 0 saturated carbocycles. The first-order valence-corrected chi connectivity index (χ1v) is 30.6. The van der Waals surface area contributed by atoms with Crippen LogP contribution in [-0.4, -0.2) is 110 Å². The van der Waals surface area contributed by atoms with Gasteiger partial charge in [-0.15, -0.1) is 0 Å². The molecule has 0 spiro atoms. The van der Waals surface area contributed by atoms with Gasteiger partial charge in [-0.25, -0.2) is 0 Å². The lowest BCUT2D eigenvalue weighted by atomic mass is 10.0. The molecule has 2 rings (SSSR count). The van der Waals surface area contributed by atoms with Crippen molar-refractivity contribution in [3.8, 4) is 0 Å².